The lowest BCUT2D eigenvalue weighted by atomic mass is 9.84. The van der Waals surface area contributed by atoms with Gasteiger partial charge in [-0.15, -0.1) is 12.4 Å². The maximum atomic E-state index is 13.8. The first-order chi connectivity index (χ1) is 14.6. The van der Waals surface area contributed by atoms with Crippen molar-refractivity contribution in [1.82, 2.24) is 14.8 Å². The van der Waals surface area contributed by atoms with Gasteiger partial charge in [0.1, 0.15) is 11.7 Å². The van der Waals surface area contributed by atoms with Crippen LogP contribution in [0.4, 0.5) is 4.39 Å². The number of carbonyl (C=O) groups is 1. The van der Waals surface area contributed by atoms with E-state index in [2.05, 4.69) is 5.32 Å². The monoisotopic (exact) mass is 447 g/mol. The van der Waals surface area contributed by atoms with E-state index in [0.29, 0.717) is 44.3 Å². The lowest BCUT2D eigenvalue weighted by Crippen LogP contribution is -2.47. The number of rotatable bonds is 3. The first-order valence-electron chi connectivity index (χ1n) is 10.7. The van der Waals surface area contributed by atoms with Crippen molar-refractivity contribution >= 4 is 18.3 Å². The molecule has 2 fully saturated rings. The molecule has 1 amide bonds. The maximum absolute atomic E-state index is 13.8. The fourth-order valence-electron chi connectivity index (χ4n) is 5.02. The number of aromatic nitrogens is 1. The smallest absolute Gasteiger partial charge is 0.263 e. The minimum Gasteiger partial charge on any atom is -0.487 e. The highest BCUT2D eigenvalue weighted by molar-refractivity contribution is 5.94. The second-order valence-electron chi connectivity index (χ2n) is 8.58. The largest absolute Gasteiger partial charge is 0.487 e. The predicted octanol–water partition coefficient (Wildman–Crippen LogP) is 2.80. The van der Waals surface area contributed by atoms with E-state index >= 15 is 0 Å². The van der Waals surface area contributed by atoms with Gasteiger partial charge in [0, 0.05) is 50.6 Å². The zero-order valence-corrected chi connectivity index (χ0v) is 18.1. The minimum atomic E-state index is -0.377. The van der Waals surface area contributed by atoms with Gasteiger partial charge in [0.25, 0.3) is 11.5 Å². The van der Waals surface area contributed by atoms with Crippen LogP contribution >= 0.6 is 12.4 Å². The second kappa shape index (κ2) is 9.01. The molecule has 4 heterocycles. The average molecular weight is 448 g/mol. The molecule has 0 unspecified atom stereocenters. The number of fused-ring (bicyclic) bond motifs is 4. The van der Waals surface area contributed by atoms with Gasteiger partial charge >= 0.3 is 0 Å². The summed E-state index contributed by atoms with van der Waals surface area (Å²) in [5.41, 5.74) is 1.12. The number of benzene rings is 1. The Hall–Kier alpha value is -2.38. The zero-order chi connectivity index (χ0) is 20.7. The standard InChI is InChI=1S/C23H26FN3O3.ClH/c24-19-3-1-2-4-21(19)30-17-7-9-26(10-8-17)22(28)18-5-6-20-16-11-15(12-25-13-16)14-27(20)23(18)29;/h1-6,15-17,25H,7-14H2;1H/t15-,16+;/m0./s1. The fourth-order valence-corrected chi connectivity index (χ4v) is 5.02. The molecule has 8 heteroatoms. The third kappa shape index (κ3) is 4.21. The van der Waals surface area contributed by atoms with Crippen LogP contribution in [-0.2, 0) is 6.54 Å². The van der Waals surface area contributed by atoms with Crippen LogP contribution in [0.3, 0.4) is 0 Å². The average Bonchev–Trinajstić information content (AvgIpc) is 2.76. The number of amides is 1. The van der Waals surface area contributed by atoms with Gasteiger partial charge in [-0.2, -0.15) is 0 Å². The predicted molar refractivity (Wildman–Crippen MR) is 118 cm³/mol. The molecular formula is C23H27ClFN3O3. The van der Waals surface area contributed by atoms with Gasteiger partial charge in [-0.05, 0) is 43.1 Å². The highest BCUT2D eigenvalue weighted by Gasteiger charge is 2.33. The number of nitrogens with zero attached hydrogens (tertiary/aromatic N) is 2. The highest BCUT2D eigenvalue weighted by atomic mass is 35.5. The van der Waals surface area contributed by atoms with Crippen LogP contribution in [0, 0.1) is 11.7 Å². The van der Waals surface area contributed by atoms with Gasteiger partial charge in [-0.25, -0.2) is 4.39 Å². The van der Waals surface area contributed by atoms with Crippen LogP contribution in [0.2, 0.25) is 0 Å². The molecular weight excluding hydrogens is 421 g/mol. The molecule has 0 spiro atoms. The summed E-state index contributed by atoms with van der Waals surface area (Å²) in [7, 11) is 0. The molecule has 1 aromatic heterocycles. The van der Waals surface area contributed by atoms with Crippen molar-refractivity contribution in [2.24, 2.45) is 5.92 Å². The quantitative estimate of drug-likeness (QED) is 0.785. The Kier molecular flexibility index (Phi) is 6.34. The van der Waals surface area contributed by atoms with Crippen molar-refractivity contribution in [3.05, 3.63) is 63.8 Å². The Labute approximate surface area is 186 Å². The normalized spacial score (nSPS) is 22.9. The topological polar surface area (TPSA) is 63.6 Å². The number of hydrogen-bond donors (Lipinski definition) is 1. The van der Waals surface area contributed by atoms with Crippen molar-refractivity contribution in [2.75, 3.05) is 26.2 Å². The number of hydrogen-bond acceptors (Lipinski definition) is 4. The number of ether oxygens (including phenoxy) is 1. The summed E-state index contributed by atoms with van der Waals surface area (Å²) in [6.45, 7) is 3.48. The molecule has 3 aliphatic rings. The van der Waals surface area contributed by atoms with Crippen molar-refractivity contribution in [1.29, 1.82) is 0 Å². The molecule has 166 valence electrons. The summed E-state index contributed by atoms with van der Waals surface area (Å²) in [5.74, 6) is 0.452. The number of para-hydroxylation sites is 1. The Morgan fingerprint density at radius 2 is 1.87 bits per heavy atom. The lowest BCUT2D eigenvalue weighted by Gasteiger charge is -2.38. The third-order valence-electron chi connectivity index (χ3n) is 6.60. The van der Waals surface area contributed by atoms with E-state index in [4.69, 9.17) is 4.74 Å². The first-order valence-corrected chi connectivity index (χ1v) is 10.7. The van der Waals surface area contributed by atoms with E-state index in [1.54, 1.807) is 29.2 Å². The molecule has 2 bridgehead atoms. The van der Waals surface area contributed by atoms with Gasteiger partial charge in [-0.3, -0.25) is 9.59 Å². The van der Waals surface area contributed by atoms with E-state index in [1.165, 1.54) is 6.07 Å². The van der Waals surface area contributed by atoms with Crippen molar-refractivity contribution in [3.8, 4) is 5.75 Å². The van der Waals surface area contributed by atoms with E-state index < -0.39 is 0 Å². The number of likely N-dealkylation sites (tertiary alicyclic amines) is 1. The molecule has 0 radical (unpaired) electrons. The second-order valence-corrected chi connectivity index (χ2v) is 8.58. The molecule has 0 saturated carbocycles. The SMILES string of the molecule is Cl.O=C(c1ccc2n(c1=O)C[C@@H]1CNC[C@H]2C1)N1CCC(Oc2ccccc2F)CC1. The lowest BCUT2D eigenvalue weighted by molar-refractivity contribution is 0.0585. The summed E-state index contributed by atoms with van der Waals surface area (Å²) in [6, 6.07) is 10.0. The van der Waals surface area contributed by atoms with E-state index in [9.17, 15) is 14.0 Å². The van der Waals surface area contributed by atoms with Gasteiger partial charge in [-0.1, -0.05) is 12.1 Å². The summed E-state index contributed by atoms with van der Waals surface area (Å²) in [6.07, 6.45) is 2.20. The minimum absolute atomic E-state index is 0. The number of piperidine rings is 2. The van der Waals surface area contributed by atoms with Crippen molar-refractivity contribution in [3.63, 3.8) is 0 Å². The van der Waals surface area contributed by atoms with Gasteiger partial charge in [0.05, 0.1) is 0 Å². The van der Waals surface area contributed by atoms with E-state index in [-0.39, 0.29) is 47.1 Å². The summed E-state index contributed by atoms with van der Waals surface area (Å²) >= 11 is 0. The molecule has 1 N–H and O–H groups in total. The van der Waals surface area contributed by atoms with E-state index in [1.807, 2.05) is 10.6 Å². The van der Waals surface area contributed by atoms with Crippen LogP contribution in [0.15, 0.2) is 41.2 Å². The van der Waals surface area contributed by atoms with Gasteiger partial charge in [0.2, 0.25) is 0 Å². The summed E-state index contributed by atoms with van der Waals surface area (Å²) < 4.78 is 21.4. The number of carbonyl (C=O) groups excluding carboxylic acids is 1. The molecule has 5 rings (SSSR count). The molecule has 6 nitrogen and oxygen atoms in total. The molecule has 3 aliphatic heterocycles. The van der Waals surface area contributed by atoms with Crippen LogP contribution in [0.5, 0.6) is 5.75 Å². The van der Waals surface area contributed by atoms with Crippen LogP contribution in [0.25, 0.3) is 0 Å². The van der Waals surface area contributed by atoms with Crippen LogP contribution in [0.1, 0.15) is 41.2 Å². The Bertz CT molecular complexity index is 1020. The third-order valence-corrected chi connectivity index (χ3v) is 6.60. The molecule has 31 heavy (non-hydrogen) atoms. The number of halogens is 2. The fraction of sp³-hybridized carbons (Fsp3) is 0.478. The van der Waals surface area contributed by atoms with Gasteiger partial charge < -0.3 is 19.5 Å². The first kappa shape index (κ1) is 21.8. The molecule has 2 atom stereocenters. The summed E-state index contributed by atoms with van der Waals surface area (Å²) in [5, 5.41) is 3.44. The Morgan fingerprint density at radius 1 is 1.10 bits per heavy atom. The van der Waals surface area contributed by atoms with E-state index in [0.717, 1.165) is 25.2 Å². The highest BCUT2D eigenvalue weighted by Crippen LogP contribution is 2.32. The maximum Gasteiger partial charge on any atom is 0.263 e. The van der Waals surface area contributed by atoms with Crippen molar-refractivity contribution < 1.29 is 13.9 Å². The van der Waals surface area contributed by atoms with Crippen LogP contribution in [-0.4, -0.2) is 47.7 Å². The number of nitrogens with one attached hydrogen (secondary N) is 1. The molecule has 0 aliphatic carbocycles. The molecule has 1 aromatic carbocycles. The van der Waals surface area contributed by atoms with Crippen molar-refractivity contribution in [2.45, 2.75) is 37.8 Å². The zero-order valence-electron chi connectivity index (χ0n) is 17.3. The number of pyridine rings is 1. The van der Waals surface area contributed by atoms with Gasteiger partial charge in [0.15, 0.2) is 11.6 Å². The van der Waals surface area contributed by atoms with Crippen LogP contribution < -0.4 is 15.6 Å². The summed E-state index contributed by atoms with van der Waals surface area (Å²) in [4.78, 5) is 27.9. The Morgan fingerprint density at radius 3 is 2.65 bits per heavy atom. The molecule has 2 saturated heterocycles. The molecule has 2 aromatic rings. The Balaban J connectivity index is 0.00000231.